The number of nitrogens with zero attached hydrogens (tertiary/aromatic N) is 3. The van der Waals surface area contributed by atoms with Gasteiger partial charge in [-0.15, -0.1) is 0 Å². The number of ether oxygens (including phenoxy) is 3. The van der Waals surface area contributed by atoms with E-state index in [0.717, 1.165) is 47.2 Å². The molecule has 0 bridgehead atoms. The average Bonchev–Trinajstić information content (AvgIpc) is 3.54. The third-order valence-corrected chi connectivity index (χ3v) is 8.21. The lowest BCUT2D eigenvalue weighted by Gasteiger charge is -2.31. The number of benzene rings is 2. The number of rotatable bonds is 14. The van der Waals surface area contributed by atoms with Crippen molar-refractivity contribution in [1.29, 1.82) is 0 Å². The molecule has 1 amide bonds. The fraction of sp³-hybridized carbons (Fsp3) is 0.562. The number of likely N-dealkylation sites (tertiary alicyclic amines) is 1. The molecule has 9 heteroatoms. The van der Waals surface area contributed by atoms with Crippen LogP contribution in [0.15, 0.2) is 42.5 Å². The van der Waals surface area contributed by atoms with Crippen molar-refractivity contribution < 1.29 is 33.4 Å². The maximum atomic E-state index is 13.8. The van der Waals surface area contributed by atoms with E-state index in [4.69, 9.17) is 14.2 Å². The van der Waals surface area contributed by atoms with Gasteiger partial charge in [0.1, 0.15) is 5.75 Å². The van der Waals surface area contributed by atoms with Gasteiger partial charge < -0.3 is 28.7 Å². The topological polar surface area (TPSA) is 88.5 Å². The van der Waals surface area contributed by atoms with Crippen LogP contribution < -0.4 is 14.2 Å². The first-order valence-electron chi connectivity index (χ1n) is 14.7. The molecule has 9 nitrogen and oxygen atoms in total. The van der Waals surface area contributed by atoms with Gasteiger partial charge in [-0.25, -0.2) is 0 Å². The van der Waals surface area contributed by atoms with E-state index in [1.807, 2.05) is 47.4 Å². The molecule has 0 aliphatic carbocycles. The van der Waals surface area contributed by atoms with E-state index < -0.39 is 11.9 Å². The van der Waals surface area contributed by atoms with Crippen molar-refractivity contribution in [2.24, 2.45) is 5.92 Å². The summed E-state index contributed by atoms with van der Waals surface area (Å²) < 4.78 is 17.6. The molecule has 0 aromatic heterocycles. The number of methoxy groups -OCH3 is 1. The second-order valence-electron chi connectivity index (χ2n) is 12.2. The normalized spacial score (nSPS) is 20.3. The van der Waals surface area contributed by atoms with Gasteiger partial charge in [-0.3, -0.25) is 14.5 Å². The van der Waals surface area contributed by atoms with E-state index in [2.05, 4.69) is 33.0 Å². The summed E-state index contributed by atoms with van der Waals surface area (Å²) in [7, 11) is 8.11. The first-order chi connectivity index (χ1) is 19.6. The molecule has 4 rings (SSSR count). The molecule has 2 aliphatic heterocycles. The molecule has 0 radical (unpaired) electrons. The van der Waals surface area contributed by atoms with Gasteiger partial charge in [0.2, 0.25) is 12.7 Å². The van der Waals surface area contributed by atoms with Crippen LogP contribution in [-0.2, 0) is 16.0 Å². The summed E-state index contributed by atoms with van der Waals surface area (Å²) in [5.41, 5.74) is 1.81. The zero-order chi connectivity index (χ0) is 29.6. The molecule has 3 atom stereocenters. The fourth-order valence-corrected chi connectivity index (χ4v) is 6.04. The number of hydrogen-bond acceptors (Lipinski definition) is 6. The predicted octanol–water partition coefficient (Wildman–Crippen LogP) is 3.86. The Morgan fingerprint density at radius 2 is 1.80 bits per heavy atom. The van der Waals surface area contributed by atoms with Crippen molar-refractivity contribution in [3.63, 3.8) is 0 Å². The quantitative estimate of drug-likeness (QED) is 0.346. The third kappa shape index (κ3) is 7.71. The van der Waals surface area contributed by atoms with E-state index in [1.54, 1.807) is 7.11 Å². The summed E-state index contributed by atoms with van der Waals surface area (Å²) in [6, 6.07) is 13.0. The predicted molar refractivity (Wildman–Crippen MR) is 157 cm³/mol. The number of carboxylic acid groups (broad SMARTS) is 1. The maximum Gasteiger partial charge on any atom is 0.308 e. The van der Waals surface area contributed by atoms with Gasteiger partial charge in [-0.1, -0.05) is 37.6 Å². The highest BCUT2D eigenvalue weighted by atomic mass is 16.7. The highest BCUT2D eigenvalue weighted by Crippen LogP contribution is 2.43. The Balaban J connectivity index is 1.62. The Labute approximate surface area is 244 Å². The molecule has 1 N–H and O–H groups in total. The molecule has 2 aromatic rings. The number of carbonyl (C=O) groups excluding carboxylic acids is 1. The zero-order valence-electron chi connectivity index (χ0n) is 25.2. The molecule has 0 spiro atoms. The number of carboxylic acids is 1. The van der Waals surface area contributed by atoms with Crippen LogP contribution in [0, 0.1) is 5.92 Å². The minimum atomic E-state index is -0.867. The summed E-state index contributed by atoms with van der Waals surface area (Å²) in [5, 5.41) is 10.6. The molecule has 0 saturated carbocycles. The van der Waals surface area contributed by atoms with Crippen LogP contribution in [0.5, 0.6) is 17.2 Å². The van der Waals surface area contributed by atoms with Crippen LogP contribution in [0.25, 0.3) is 0 Å². The van der Waals surface area contributed by atoms with Crippen molar-refractivity contribution in [3.05, 3.63) is 53.6 Å². The van der Waals surface area contributed by atoms with E-state index in [-0.39, 0.29) is 31.2 Å². The minimum Gasteiger partial charge on any atom is -0.496 e. The van der Waals surface area contributed by atoms with Crippen LogP contribution in [0.1, 0.15) is 43.2 Å². The van der Waals surface area contributed by atoms with Gasteiger partial charge in [0, 0.05) is 38.0 Å². The number of quaternary nitrogens is 1. The van der Waals surface area contributed by atoms with E-state index >= 15 is 0 Å². The lowest BCUT2D eigenvalue weighted by molar-refractivity contribution is -0.870. The number of unbranched alkanes of at least 4 members (excludes halogenated alkanes) is 1. The lowest BCUT2D eigenvalue weighted by atomic mass is 9.83. The Bertz CT molecular complexity index is 1200. The molecule has 3 unspecified atom stereocenters. The second kappa shape index (κ2) is 13.6. The lowest BCUT2D eigenvalue weighted by Crippen LogP contribution is -2.46. The van der Waals surface area contributed by atoms with Gasteiger partial charge in [0.05, 0.1) is 47.3 Å². The SMILES string of the molecule is CCCCN(CCC[N+](C)(C)C)C(=O)CN1CC(c2ccc3c(c2)OCO3)C(C(=O)O)C1Cc1ccccc1OC. The van der Waals surface area contributed by atoms with E-state index in [1.165, 1.54) is 0 Å². The summed E-state index contributed by atoms with van der Waals surface area (Å²) in [6.45, 7) is 5.32. The molecule has 1 saturated heterocycles. The highest BCUT2D eigenvalue weighted by molar-refractivity contribution is 5.79. The number of carbonyl (C=O) groups is 2. The minimum absolute atomic E-state index is 0.0559. The Hall–Kier alpha value is -3.30. The fourth-order valence-electron chi connectivity index (χ4n) is 6.04. The molecule has 41 heavy (non-hydrogen) atoms. The Morgan fingerprint density at radius 1 is 1.07 bits per heavy atom. The maximum absolute atomic E-state index is 13.8. The molecule has 2 aromatic carbocycles. The third-order valence-electron chi connectivity index (χ3n) is 8.21. The standard InChI is InChI=1S/C32H45N3O6/c1-6-7-15-33(16-10-17-35(2,3)4)30(36)21-34-20-25(23-13-14-28-29(19-23)41-22-40-28)31(32(37)38)26(34)18-24-11-8-9-12-27(24)39-5/h8-9,11-14,19,25-26,31H,6-7,10,15-18,20-22H2,1-5H3/p+1. The number of fused-ring (bicyclic) bond motifs is 1. The molecular weight excluding hydrogens is 522 g/mol. The molecular formula is C32H46N3O6+. The summed E-state index contributed by atoms with van der Waals surface area (Å²) in [6.07, 6.45) is 3.33. The van der Waals surface area contributed by atoms with Crippen LogP contribution >= 0.6 is 0 Å². The van der Waals surface area contributed by atoms with E-state index in [0.29, 0.717) is 37.6 Å². The monoisotopic (exact) mass is 568 g/mol. The van der Waals surface area contributed by atoms with Gasteiger partial charge >= 0.3 is 5.97 Å². The molecule has 224 valence electrons. The number of para-hydroxylation sites is 1. The Morgan fingerprint density at radius 3 is 2.51 bits per heavy atom. The largest absolute Gasteiger partial charge is 0.496 e. The van der Waals surface area contributed by atoms with Crippen LogP contribution in [0.2, 0.25) is 0 Å². The summed E-state index contributed by atoms with van der Waals surface area (Å²) in [4.78, 5) is 30.8. The van der Waals surface area contributed by atoms with Crippen LogP contribution in [0.3, 0.4) is 0 Å². The molecule has 1 fully saturated rings. The van der Waals surface area contributed by atoms with Gasteiger partial charge in [-0.05, 0) is 42.2 Å². The van der Waals surface area contributed by atoms with Crippen molar-refractivity contribution in [2.45, 2.75) is 44.6 Å². The number of amides is 1. The highest BCUT2D eigenvalue weighted by Gasteiger charge is 2.47. The van der Waals surface area contributed by atoms with Crippen molar-refractivity contribution >= 4 is 11.9 Å². The molecule has 2 aliphatic rings. The van der Waals surface area contributed by atoms with E-state index in [9.17, 15) is 14.7 Å². The van der Waals surface area contributed by atoms with Gasteiger partial charge in [0.25, 0.3) is 0 Å². The van der Waals surface area contributed by atoms with Crippen molar-refractivity contribution in [2.75, 3.05) is 67.8 Å². The van der Waals surface area contributed by atoms with Crippen LogP contribution in [-0.4, -0.2) is 105 Å². The van der Waals surface area contributed by atoms with Gasteiger partial charge in [-0.2, -0.15) is 0 Å². The van der Waals surface area contributed by atoms with Crippen molar-refractivity contribution in [1.82, 2.24) is 9.80 Å². The average molecular weight is 569 g/mol. The first-order valence-corrected chi connectivity index (χ1v) is 14.7. The number of aliphatic carboxylic acids is 1. The van der Waals surface area contributed by atoms with Crippen LogP contribution in [0.4, 0.5) is 0 Å². The van der Waals surface area contributed by atoms with Crippen molar-refractivity contribution in [3.8, 4) is 17.2 Å². The summed E-state index contributed by atoms with van der Waals surface area (Å²) >= 11 is 0. The number of hydrogen-bond donors (Lipinski definition) is 1. The zero-order valence-corrected chi connectivity index (χ0v) is 25.2. The first kappa shape index (κ1) is 30.7. The summed E-state index contributed by atoms with van der Waals surface area (Å²) in [5.74, 6) is 0.183. The second-order valence-corrected chi connectivity index (χ2v) is 12.2. The smallest absolute Gasteiger partial charge is 0.308 e. The molecule has 2 heterocycles. The Kier molecular flexibility index (Phi) is 10.1. The van der Waals surface area contributed by atoms with Gasteiger partial charge in [0.15, 0.2) is 11.5 Å².